The molecular weight excluding hydrogens is 215 g/mol. The van der Waals surface area contributed by atoms with Crippen LogP contribution in [0.4, 0.5) is 4.39 Å². The molecule has 17 heavy (non-hydrogen) atoms. The van der Waals surface area contributed by atoms with E-state index >= 15 is 0 Å². The highest BCUT2D eigenvalue weighted by atomic mass is 19.1. The maximum absolute atomic E-state index is 12.9. The van der Waals surface area contributed by atoms with Crippen LogP contribution in [0.25, 0.3) is 0 Å². The van der Waals surface area contributed by atoms with Crippen LogP contribution in [0.5, 0.6) is 0 Å². The molecule has 0 aliphatic heterocycles. The van der Waals surface area contributed by atoms with Crippen molar-refractivity contribution in [2.75, 3.05) is 6.54 Å². The van der Waals surface area contributed by atoms with E-state index in [1.165, 1.54) is 12.1 Å². The van der Waals surface area contributed by atoms with Crippen molar-refractivity contribution in [3.05, 3.63) is 65.7 Å². The number of hydrogen-bond acceptors (Lipinski definition) is 2. The maximum atomic E-state index is 12.9. The van der Waals surface area contributed by atoms with E-state index in [1.54, 1.807) is 18.3 Å². The fourth-order valence-corrected chi connectivity index (χ4v) is 1.83. The van der Waals surface area contributed by atoms with Crippen molar-refractivity contribution in [3.63, 3.8) is 0 Å². The number of hydrogen-bond donors (Lipinski definition) is 1. The molecule has 0 aliphatic rings. The lowest BCUT2D eigenvalue weighted by molar-refractivity contribution is 0.612. The van der Waals surface area contributed by atoms with Crippen molar-refractivity contribution in [3.8, 4) is 0 Å². The highest BCUT2D eigenvalue weighted by Crippen LogP contribution is 2.21. The number of halogens is 1. The van der Waals surface area contributed by atoms with Gasteiger partial charge >= 0.3 is 0 Å². The Labute approximate surface area is 101 Å². The zero-order valence-corrected chi connectivity index (χ0v) is 9.73. The lowest BCUT2D eigenvalue weighted by Crippen LogP contribution is -2.22. The second-order valence-electron chi connectivity index (χ2n) is 3.83. The van der Waals surface area contributed by atoms with Gasteiger partial charge in [0.1, 0.15) is 5.82 Å². The van der Waals surface area contributed by atoms with Crippen LogP contribution in [-0.4, -0.2) is 11.5 Å². The first kappa shape index (κ1) is 11.7. The molecule has 0 saturated heterocycles. The first-order chi connectivity index (χ1) is 8.31. The minimum atomic E-state index is -0.213. The van der Waals surface area contributed by atoms with Crippen molar-refractivity contribution < 1.29 is 4.39 Å². The molecular formula is C14H15FN2. The lowest BCUT2D eigenvalue weighted by atomic mass is 10.0. The molecule has 2 aromatic rings. The monoisotopic (exact) mass is 230 g/mol. The van der Waals surface area contributed by atoms with Crippen LogP contribution < -0.4 is 5.32 Å². The predicted octanol–water partition coefficient (Wildman–Crippen LogP) is 2.92. The number of nitrogens with one attached hydrogen (secondary N) is 1. The van der Waals surface area contributed by atoms with Crippen molar-refractivity contribution in [2.24, 2.45) is 0 Å². The molecule has 88 valence electrons. The molecule has 0 aliphatic carbocycles. The Hall–Kier alpha value is -1.74. The van der Waals surface area contributed by atoms with E-state index in [-0.39, 0.29) is 11.9 Å². The highest BCUT2D eigenvalue weighted by molar-refractivity contribution is 5.30. The van der Waals surface area contributed by atoms with E-state index in [4.69, 9.17) is 0 Å². The fraction of sp³-hybridized carbons (Fsp3) is 0.214. The third kappa shape index (κ3) is 2.88. The van der Waals surface area contributed by atoms with Crippen LogP contribution in [0.1, 0.15) is 24.1 Å². The van der Waals surface area contributed by atoms with Gasteiger partial charge in [-0.3, -0.25) is 4.98 Å². The summed E-state index contributed by atoms with van der Waals surface area (Å²) in [7, 11) is 0. The van der Waals surface area contributed by atoms with E-state index in [0.29, 0.717) is 0 Å². The Bertz CT molecular complexity index is 453. The third-order valence-corrected chi connectivity index (χ3v) is 2.63. The molecule has 1 aromatic heterocycles. The number of benzene rings is 1. The van der Waals surface area contributed by atoms with Crippen LogP contribution in [0, 0.1) is 5.82 Å². The van der Waals surface area contributed by atoms with E-state index in [2.05, 4.69) is 10.3 Å². The molecule has 2 rings (SSSR count). The molecule has 3 heteroatoms. The van der Waals surface area contributed by atoms with Gasteiger partial charge in [-0.2, -0.15) is 0 Å². The van der Waals surface area contributed by atoms with Crippen LogP contribution in [0.3, 0.4) is 0 Å². The first-order valence-electron chi connectivity index (χ1n) is 5.70. The first-order valence-corrected chi connectivity index (χ1v) is 5.70. The molecule has 0 bridgehead atoms. The summed E-state index contributed by atoms with van der Waals surface area (Å²) in [5.41, 5.74) is 2.13. The Morgan fingerprint density at radius 1 is 1.18 bits per heavy atom. The smallest absolute Gasteiger partial charge is 0.123 e. The minimum Gasteiger partial charge on any atom is -0.306 e. The lowest BCUT2D eigenvalue weighted by Gasteiger charge is -2.18. The average molecular weight is 230 g/mol. The summed E-state index contributed by atoms with van der Waals surface area (Å²) < 4.78 is 12.9. The Morgan fingerprint density at radius 3 is 2.53 bits per heavy atom. The quantitative estimate of drug-likeness (QED) is 0.873. The predicted molar refractivity (Wildman–Crippen MR) is 66.2 cm³/mol. The van der Waals surface area contributed by atoms with Gasteiger partial charge < -0.3 is 5.32 Å². The van der Waals surface area contributed by atoms with E-state index < -0.39 is 0 Å². The standard InChI is InChI=1S/C14H15FN2/c1-2-17-14(12-4-3-9-16-10-12)11-5-7-13(15)8-6-11/h3-10,14,17H,2H2,1H3/t14-/m1/s1. The third-order valence-electron chi connectivity index (χ3n) is 2.63. The second-order valence-corrected chi connectivity index (χ2v) is 3.83. The number of pyridine rings is 1. The summed E-state index contributed by atoms with van der Waals surface area (Å²) in [5.74, 6) is -0.213. The van der Waals surface area contributed by atoms with Gasteiger partial charge in [0, 0.05) is 12.4 Å². The van der Waals surface area contributed by atoms with Gasteiger partial charge in [-0.25, -0.2) is 4.39 Å². The topological polar surface area (TPSA) is 24.9 Å². The van der Waals surface area contributed by atoms with Gasteiger partial charge in [-0.05, 0) is 35.9 Å². The van der Waals surface area contributed by atoms with E-state index in [1.807, 2.05) is 25.3 Å². The fourth-order valence-electron chi connectivity index (χ4n) is 1.83. The zero-order chi connectivity index (χ0) is 12.1. The highest BCUT2D eigenvalue weighted by Gasteiger charge is 2.12. The normalized spacial score (nSPS) is 12.4. The molecule has 1 aromatic carbocycles. The van der Waals surface area contributed by atoms with Crippen LogP contribution in [-0.2, 0) is 0 Å². The number of nitrogens with zero attached hydrogens (tertiary/aromatic N) is 1. The second kappa shape index (κ2) is 5.55. The van der Waals surface area contributed by atoms with Crippen LogP contribution in [0.15, 0.2) is 48.8 Å². The number of rotatable bonds is 4. The molecule has 1 heterocycles. The van der Waals surface area contributed by atoms with Gasteiger partial charge in [-0.15, -0.1) is 0 Å². The Morgan fingerprint density at radius 2 is 1.94 bits per heavy atom. The minimum absolute atomic E-state index is 0.0642. The summed E-state index contributed by atoms with van der Waals surface area (Å²) in [6.45, 7) is 2.89. The average Bonchev–Trinajstić information content (AvgIpc) is 2.38. The Kier molecular flexibility index (Phi) is 3.83. The summed E-state index contributed by atoms with van der Waals surface area (Å²) in [6.07, 6.45) is 3.58. The molecule has 0 unspecified atom stereocenters. The van der Waals surface area contributed by atoms with Gasteiger partial charge in [0.25, 0.3) is 0 Å². The summed E-state index contributed by atoms with van der Waals surface area (Å²) in [6, 6.07) is 10.6. The van der Waals surface area contributed by atoms with Gasteiger partial charge in [-0.1, -0.05) is 25.1 Å². The van der Waals surface area contributed by atoms with Gasteiger partial charge in [0.15, 0.2) is 0 Å². The molecule has 0 radical (unpaired) electrons. The maximum Gasteiger partial charge on any atom is 0.123 e. The van der Waals surface area contributed by atoms with Crippen molar-refractivity contribution in [1.29, 1.82) is 0 Å². The molecule has 0 saturated carbocycles. The largest absolute Gasteiger partial charge is 0.306 e. The molecule has 2 nitrogen and oxygen atoms in total. The van der Waals surface area contributed by atoms with Crippen LogP contribution in [0.2, 0.25) is 0 Å². The van der Waals surface area contributed by atoms with E-state index in [9.17, 15) is 4.39 Å². The SMILES string of the molecule is CCN[C@H](c1ccc(F)cc1)c1cccnc1. The number of aromatic nitrogens is 1. The Balaban J connectivity index is 2.32. The summed E-state index contributed by atoms with van der Waals surface area (Å²) in [5, 5.41) is 3.37. The van der Waals surface area contributed by atoms with Gasteiger partial charge in [0.05, 0.1) is 6.04 Å². The van der Waals surface area contributed by atoms with Crippen LogP contribution >= 0.6 is 0 Å². The summed E-state index contributed by atoms with van der Waals surface area (Å²) in [4.78, 5) is 4.12. The van der Waals surface area contributed by atoms with Gasteiger partial charge in [0.2, 0.25) is 0 Å². The van der Waals surface area contributed by atoms with E-state index in [0.717, 1.165) is 17.7 Å². The zero-order valence-electron chi connectivity index (χ0n) is 9.73. The van der Waals surface area contributed by atoms with Crippen molar-refractivity contribution >= 4 is 0 Å². The molecule has 0 spiro atoms. The van der Waals surface area contributed by atoms with Crippen molar-refractivity contribution in [2.45, 2.75) is 13.0 Å². The molecule has 0 amide bonds. The molecule has 0 fully saturated rings. The molecule has 1 N–H and O–H groups in total. The summed E-state index contributed by atoms with van der Waals surface area (Å²) >= 11 is 0. The molecule has 1 atom stereocenters. The van der Waals surface area contributed by atoms with Crippen molar-refractivity contribution in [1.82, 2.24) is 10.3 Å².